The molecule has 13 heavy (non-hydrogen) atoms. The molecule has 0 N–H and O–H groups in total. The maximum absolute atomic E-state index is 5.65. The Morgan fingerprint density at radius 1 is 1.38 bits per heavy atom. The van der Waals surface area contributed by atoms with Crippen LogP contribution in [0.5, 0.6) is 0 Å². The highest BCUT2D eigenvalue weighted by atomic mass is 35.5. The zero-order valence-corrected chi connectivity index (χ0v) is 9.69. The van der Waals surface area contributed by atoms with Crippen molar-refractivity contribution < 1.29 is 0 Å². The Morgan fingerprint density at radius 3 is 2.69 bits per heavy atom. The first-order valence-electron chi connectivity index (χ1n) is 5.52. The molecular weight excluding hydrogens is 182 g/mol. The van der Waals surface area contributed by atoms with Crippen molar-refractivity contribution in [2.45, 2.75) is 33.1 Å². The molecule has 1 aliphatic heterocycles. The van der Waals surface area contributed by atoms with Crippen LogP contribution in [0.25, 0.3) is 0 Å². The molecule has 1 nitrogen and oxygen atoms in total. The zero-order valence-electron chi connectivity index (χ0n) is 8.93. The van der Waals surface area contributed by atoms with E-state index in [0.29, 0.717) is 0 Å². The highest BCUT2D eigenvalue weighted by Crippen LogP contribution is 2.23. The number of unbranched alkanes of at least 4 members (excludes halogenated alkanes) is 1. The summed E-state index contributed by atoms with van der Waals surface area (Å²) in [5.41, 5.74) is 0. The lowest BCUT2D eigenvalue weighted by molar-refractivity contribution is 0.299. The third-order valence-corrected chi connectivity index (χ3v) is 3.38. The normalized spacial score (nSPS) is 24.5. The molecule has 0 aliphatic carbocycles. The van der Waals surface area contributed by atoms with Crippen LogP contribution in [-0.4, -0.2) is 30.4 Å². The Morgan fingerprint density at radius 2 is 2.15 bits per heavy atom. The average molecular weight is 204 g/mol. The fourth-order valence-electron chi connectivity index (χ4n) is 2.04. The van der Waals surface area contributed by atoms with E-state index in [-0.39, 0.29) is 0 Å². The third-order valence-electron chi connectivity index (χ3n) is 3.11. The number of nitrogens with zero attached hydrogens (tertiary/aromatic N) is 1. The molecule has 0 aromatic heterocycles. The summed E-state index contributed by atoms with van der Waals surface area (Å²) in [5, 5.41) is 0. The molecule has 0 aromatic carbocycles. The Kier molecular flexibility index (Phi) is 5.12. The van der Waals surface area contributed by atoms with E-state index < -0.39 is 0 Å². The van der Waals surface area contributed by atoms with Gasteiger partial charge in [0.25, 0.3) is 0 Å². The summed E-state index contributed by atoms with van der Waals surface area (Å²) in [6.07, 6.45) is 3.84. The van der Waals surface area contributed by atoms with Gasteiger partial charge in [0.1, 0.15) is 0 Å². The van der Waals surface area contributed by atoms with E-state index in [1.165, 1.54) is 38.9 Å². The number of hydrogen-bond acceptors (Lipinski definition) is 1. The molecule has 1 atom stereocenters. The summed E-state index contributed by atoms with van der Waals surface area (Å²) in [6.45, 7) is 8.57. The van der Waals surface area contributed by atoms with Crippen LogP contribution in [0, 0.1) is 11.8 Å². The second-order valence-corrected chi connectivity index (χ2v) is 4.87. The highest BCUT2D eigenvalue weighted by molar-refractivity contribution is 6.17. The van der Waals surface area contributed by atoms with Gasteiger partial charge in [-0.1, -0.05) is 13.8 Å². The molecule has 78 valence electrons. The smallest absolute Gasteiger partial charge is 0.0223 e. The van der Waals surface area contributed by atoms with Crippen molar-refractivity contribution in [2.24, 2.45) is 11.8 Å². The van der Waals surface area contributed by atoms with E-state index in [1.54, 1.807) is 0 Å². The van der Waals surface area contributed by atoms with Gasteiger partial charge in [0.2, 0.25) is 0 Å². The molecular formula is C11H22ClN. The van der Waals surface area contributed by atoms with Crippen LogP contribution >= 0.6 is 11.6 Å². The monoisotopic (exact) mass is 203 g/mol. The van der Waals surface area contributed by atoms with Crippen molar-refractivity contribution in [1.29, 1.82) is 0 Å². The predicted molar refractivity (Wildman–Crippen MR) is 59.3 cm³/mol. The van der Waals surface area contributed by atoms with E-state index >= 15 is 0 Å². The first kappa shape index (κ1) is 11.3. The molecule has 0 saturated carbocycles. The van der Waals surface area contributed by atoms with Crippen molar-refractivity contribution >= 4 is 11.6 Å². The molecule has 1 unspecified atom stereocenters. The molecule has 0 spiro atoms. The lowest BCUT2D eigenvalue weighted by Gasteiger charge is -2.17. The Balaban J connectivity index is 2.10. The van der Waals surface area contributed by atoms with Crippen molar-refractivity contribution in [3.63, 3.8) is 0 Å². The minimum Gasteiger partial charge on any atom is -0.303 e. The van der Waals surface area contributed by atoms with Gasteiger partial charge in [-0.25, -0.2) is 0 Å². The maximum atomic E-state index is 5.65. The molecule has 1 saturated heterocycles. The third kappa shape index (κ3) is 3.86. The largest absolute Gasteiger partial charge is 0.303 e. The van der Waals surface area contributed by atoms with Crippen molar-refractivity contribution in [1.82, 2.24) is 4.90 Å². The Hall–Kier alpha value is 0.250. The summed E-state index contributed by atoms with van der Waals surface area (Å²) in [4.78, 5) is 2.59. The van der Waals surface area contributed by atoms with Crippen molar-refractivity contribution in [3.8, 4) is 0 Å². The number of hydrogen-bond donors (Lipinski definition) is 0. The van der Waals surface area contributed by atoms with Crippen LogP contribution in [0.3, 0.4) is 0 Å². The number of rotatable bonds is 5. The molecule has 2 heteroatoms. The molecule has 0 bridgehead atoms. The molecule has 1 heterocycles. The number of alkyl halides is 1. The van der Waals surface area contributed by atoms with Gasteiger partial charge in [-0.05, 0) is 44.2 Å². The zero-order chi connectivity index (χ0) is 9.68. The van der Waals surface area contributed by atoms with Crippen molar-refractivity contribution in [2.75, 3.05) is 25.5 Å². The van der Waals surface area contributed by atoms with Crippen molar-refractivity contribution in [3.05, 3.63) is 0 Å². The van der Waals surface area contributed by atoms with Crippen LogP contribution in [0.1, 0.15) is 33.1 Å². The topological polar surface area (TPSA) is 3.24 Å². The summed E-state index contributed by atoms with van der Waals surface area (Å²) >= 11 is 5.65. The van der Waals surface area contributed by atoms with Crippen LogP contribution in [0.2, 0.25) is 0 Å². The number of halogens is 1. The van der Waals surface area contributed by atoms with Gasteiger partial charge >= 0.3 is 0 Å². The maximum Gasteiger partial charge on any atom is 0.0223 e. The summed E-state index contributed by atoms with van der Waals surface area (Å²) < 4.78 is 0. The molecule has 1 aliphatic rings. The molecule has 1 rings (SSSR count). The minimum atomic E-state index is 0.821. The molecule has 0 amide bonds. The van der Waals surface area contributed by atoms with Crippen LogP contribution in [0.4, 0.5) is 0 Å². The van der Waals surface area contributed by atoms with E-state index in [9.17, 15) is 0 Å². The van der Waals surface area contributed by atoms with Crippen LogP contribution in [-0.2, 0) is 0 Å². The average Bonchev–Trinajstić information content (AvgIpc) is 2.53. The highest BCUT2D eigenvalue weighted by Gasteiger charge is 2.23. The minimum absolute atomic E-state index is 0.821. The van der Waals surface area contributed by atoms with Gasteiger partial charge < -0.3 is 4.90 Å². The predicted octanol–water partition coefficient (Wildman–Crippen LogP) is 2.98. The van der Waals surface area contributed by atoms with Crippen LogP contribution in [0.15, 0.2) is 0 Å². The quantitative estimate of drug-likeness (QED) is 0.491. The van der Waals surface area contributed by atoms with E-state index in [2.05, 4.69) is 18.7 Å². The second-order valence-electron chi connectivity index (χ2n) is 4.49. The first-order valence-corrected chi connectivity index (χ1v) is 6.05. The molecule has 0 aromatic rings. The second kappa shape index (κ2) is 5.87. The molecule has 1 fully saturated rings. The first-order chi connectivity index (χ1) is 6.24. The van der Waals surface area contributed by atoms with Crippen LogP contribution < -0.4 is 0 Å². The Labute approximate surface area is 87.4 Å². The van der Waals surface area contributed by atoms with E-state index in [4.69, 9.17) is 11.6 Å². The lowest BCUT2D eigenvalue weighted by Crippen LogP contribution is -2.23. The van der Waals surface area contributed by atoms with E-state index in [0.717, 1.165) is 17.7 Å². The van der Waals surface area contributed by atoms with Gasteiger partial charge in [0.05, 0.1) is 0 Å². The van der Waals surface area contributed by atoms with E-state index in [1.807, 2.05) is 0 Å². The summed E-state index contributed by atoms with van der Waals surface area (Å²) in [6, 6.07) is 0. The lowest BCUT2D eigenvalue weighted by atomic mass is 9.95. The Bertz CT molecular complexity index is 136. The van der Waals surface area contributed by atoms with Gasteiger partial charge in [-0.2, -0.15) is 0 Å². The SMILES string of the molecule is CC(C)C1CCN(CCCCCl)C1. The van der Waals surface area contributed by atoms with Gasteiger partial charge in [0, 0.05) is 12.4 Å². The fourth-order valence-corrected chi connectivity index (χ4v) is 2.23. The van der Waals surface area contributed by atoms with Gasteiger partial charge in [-0.15, -0.1) is 11.6 Å². The standard InChI is InChI=1S/C11H22ClN/c1-10(2)11-5-8-13(9-11)7-4-3-6-12/h10-11H,3-9H2,1-2H3. The molecule has 0 radical (unpaired) electrons. The van der Waals surface area contributed by atoms with Gasteiger partial charge in [0.15, 0.2) is 0 Å². The summed E-state index contributed by atoms with van der Waals surface area (Å²) in [7, 11) is 0. The van der Waals surface area contributed by atoms with Gasteiger partial charge in [-0.3, -0.25) is 0 Å². The summed E-state index contributed by atoms with van der Waals surface area (Å²) in [5.74, 6) is 2.62. The fraction of sp³-hybridized carbons (Fsp3) is 1.00. The number of likely N-dealkylation sites (tertiary alicyclic amines) is 1.